The van der Waals surface area contributed by atoms with Crippen LogP contribution in [-0.4, -0.2) is 47.3 Å². The summed E-state index contributed by atoms with van der Waals surface area (Å²) in [6.07, 6.45) is 1.09. The lowest BCUT2D eigenvalue weighted by Crippen LogP contribution is -2.54. The molecular formula is C19H31N3O5S2. The normalized spacial score (nSPS) is 13.3. The summed E-state index contributed by atoms with van der Waals surface area (Å²) in [5, 5.41) is -0.245. The fourth-order valence-electron chi connectivity index (χ4n) is 2.54. The van der Waals surface area contributed by atoms with E-state index in [1.807, 2.05) is 13.8 Å². The van der Waals surface area contributed by atoms with E-state index in [1.54, 1.807) is 6.92 Å². The van der Waals surface area contributed by atoms with E-state index in [0.717, 1.165) is 13.7 Å². The highest BCUT2D eigenvalue weighted by molar-refractivity contribution is 8.00. The van der Waals surface area contributed by atoms with Crippen molar-refractivity contribution < 1.29 is 9.59 Å². The maximum Gasteiger partial charge on any atom is 0.336 e. The molecular weight excluding hydrogens is 414 g/mol. The molecule has 10 heteroatoms. The highest BCUT2D eigenvalue weighted by Crippen LogP contribution is 2.13. The van der Waals surface area contributed by atoms with Crippen LogP contribution in [0.1, 0.15) is 47.5 Å². The Bertz CT molecular complexity index is 821. The van der Waals surface area contributed by atoms with Crippen LogP contribution >= 0.6 is 23.5 Å². The molecule has 0 bridgehead atoms. The molecule has 0 aliphatic rings. The van der Waals surface area contributed by atoms with Gasteiger partial charge in [0.1, 0.15) is 11.6 Å². The van der Waals surface area contributed by atoms with Crippen LogP contribution in [0.15, 0.2) is 14.4 Å². The number of ketones is 2. The van der Waals surface area contributed by atoms with Gasteiger partial charge in [0.2, 0.25) is 0 Å². The topological polar surface area (TPSA) is 100 Å². The van der Waals surface area contributed by atoms with Crippen molar-refractivity contribution in [2.75, 3.05) is 11.5 Å². The monoisotopic (exact) mass is 445 g/mol. The number of carbonyl (C=O) groups is 2. The molecule has 8 nitrogen and oxygen atoms in total. The van der Waals surface area contributed by atoms with E-state index in [-0.39, 0.29) is 41.7 Å². The van der Waals surface area contributed by atoms with E-state index in [4.69, 9.17) is 0 Å². The van der Waals surface area contributed by atoms with Gasteiger partial charge in [-0.2, -0.15) is 23.5 Å². The first-order chi connectivity index (χ1) is 13.6. The average molecular weight is 446 g/mol. The SMILES string of the molecule is CCn1c(=O)n(CCCSC(C)C(C)=O)c(=O)n(CCCSC(C)C(C)=O)c1=O. The van der Waals surface area contributed by atoms with E-state index in [0.29, 0.717) is 24.3 Å². The Morgan fingerprint density at radius 3 is 1.41 bits per heavy atom. The van der Waals surface area contributed by atoms with Gasteiger partial charge in [-0.05, 0) is 59.0 Å². The van der Waals surface area contributed by atoms with Gasteiger partial charge < -0.3 is 0 Å². The number of carbonyl (C=O) groups excluding carboxylic acids is 2. The molecule has 0 aliphatic heterocycles. The lowest BCUT2D eigenvalue weighted by Gasteiger charge is -2.14. The molecule has 1 rings (SSSR count). The number of nitrogens with zero attached hydrogens (tertiary/aromatic N) is 3. The van der Waals surface area contributed by atoms with Crippen molar-refractivity contribution in [1.29, 1.82) is 0 Å². The Morgan fingerprint density at radius 1 is 0.759 bits per heavy atom. The van der Waals surface area contributed by atoms with Crippen LogP contribution in [0.25, 0.3) is 0 Å². The first-order valence-corrected chi connectivity index (χ1v) is 11.9. The van der Waals surface area contributed by atoms with Crippen molar-refractivity contribution in [3.05, 3.63) is 31.5 Å². The minimum absolute atomic E-state index is 0.0889. The predicted octanol–water partition coefficient (Wildman–Crippen LogP) is 1.39. The van der Waals surface area contributed by atoms with Gasteiger partial charge in [-0.3, -0.25) is 9.59 Å². The summed E-state index contributed by atoms with van der Waals surface area (Å²) in [5.74, 6) is 1.45. The molecule has 1 aromatic rings. The molecule has 0 fully saturated rings. The Kier molecular flexibility index (Phi) is 10.7. The van der Waals surface area contributed by atoms with Crippen LogP contribution in [0.4, 0.5) is 0 Å². The Labute approximate surface area is 179 Å². The largest absolute Gasteiger partial charge is 0.336 e. The fourth-order valence-corrected chi connectivity index (χ4v) is 4.30. The summed E-state index contributed by atoms with van der Waals surface area (Å²) in [5.41, 5.74) is -1.79. The second-order valence-corrected chi connectivity index (χ2v) is 9.75. The summed E-state index contributed by atoms with van der Waals surface area (Å²) in [6.45, 7) is 9.00. The van der Waals surface area contributed by atoms with Crippen LogP contribution in [0.3, 0.4) is 0 Å². The molecule has 0 N–H and O–H groups in total. The Hall–Kier alpha value is -1.55. The van der Waals surface area contributed by atoms with Gasteiger partial charge in [0.15, 0.2) is 0 Å². The summed E-state index contributed by atoms with van der Waals surface area (Å²) >= 11 is 2.96. The molecule has 0 aromatic carbocycles. The maximum absolute atomic E-state index is 12.7. The van der Waals surface area contributed by atoms with Crippen LogP contribution in [-0.2, 0) is 29.2 Å². The fraction of sp³-hybridized carbons (Fsp3) is 0.737. The molecule has 1 aromatic heterocycles. The molecule has 1 heterocycles. The number of hydrogen-bond acceptors (Lipinski definition) is 7. The highest BCUT2D eigenvalue weighted by Gasteiger charge is 2.15. The molecule has 2 unspecified atom stereocenters. The number of thioether (sulfide) groups is 2. The lowest BCUT2D eigenvalue weighted by molar-refractivity contribution is -0.117. The highest BCUT2D eigenvalue weighted by atomic mass is 32.2. The van der Waals surface area contributed by atoms with Crippen molar-refractivity contribution in [3.8, 4) is 0 Å². The van der Waals surface area contributed by atoms with Crippen LogP contribution in [0.5, 0.6) is 0 Å². The quantitative estimate of drug-likeness (QED) is 0.423. The van der Waals surface area contributed by atoms with Gasteiger partial charge in [0.05, 0.1) is 10.5 Å². The number of aromatic nitrogens is 3. The number of rotatable bonds is 13. The molecule has 0 saturated heterocycles. The third-order valence-electron chi connectivity index (χ3n) is 4.63. The minimum atomic E-state index is -0.598. The van der Waals surface area contributed by atoms with Gasteiger partial charge in [0.25, 0.3) is 0 Å². The molecule has 2 atom stereocenters. The standard InChI is InChI=1S/C19H31N3O5S2/c1-6-20-17(25)21(9-7-11-28-15(4)13(2)23)19(27)22(18(20)26)10-8-12-29-16(5)14(3)24/h15-16H,6-12H2,1-5H3. The molecule has 29 heavy (non-hydrogen) atoms. The van der Waals surface area contributed by atoms with Crippen molar-refractivity contribution >= 4 is 35.1 Å². The van der Waals surface area contributed by atoms with E-state index >= 15 is 0 Å². The zero-order chi connectivity index (χ0) is 22.1. The molecule has 0 spiro atoms. The van der Waals surface area contributed by atoms with Gasteiger partial charge in [-0.15, -0.1) is 0 Å². The van der Waals surface area contributed by atoms with Crippen molar-refractivity contribution in [3.63, 3.8) is 0 Å². The van der Waals surface area contributed by atoms with Crippen LogP contribution in [0, 0.1) is 0 Å². The summed E-state index contributed by atoms with van der Waals surface area (Å²) < 4.78 is 3.28. The van der Waals surface area contributed by atoms with E-state index in [9.17, 15) is 24.0 Å². The third kappa shape index (κ3) is 7.33. The van der Waals surface area contributed by atoms with Crippen molar-refractivity contribution in [2.45, 2.75) is 77.6 Å². The van der Waals surface area contributed by atoms with Gasteiger partial charge >= 0.3 is 17.1 Å². The Morgan fingerprint density at radius 2 is 1.10 bits per heavy atom. The summed E-state index contributed by atoms with van der Waals surface area (Å²) in [7, 11) is 0. The van der Waals surface area contributed by atoms with Crippen LogP contribution < -0.4 is 17.1 Å². The van der Waals surface area contributed by atoms with E-state index in [1.165, 1.54) is 37.4 Å². The van der Waals surface area contributed by atoms with E-state index < -0.39 is 17.1 Å². The first kappa shape index (κ1) is 25.5. The van der Waals surface area contributed by atoms with Gasteiger partial charge in [-0.1, -0.05) is 0 Å². The maximum atomic E-state index is 12.7. The number of Topliss-reactive ketones (excluding diaryl/α,β-unsaturated/α-hetero) is 2. The zero-order valence-corrected chi connectivity index (χ0v) is 19.4. The lowest BCUT2D eigenvalue weighted by atomic mass is 10.3. The van der Waals surface area contributed by atoms with Crippen molar-refractivity contribution in [2.24, 2.45) is 0 Å². The molecule has 0 radical (unpaired) electrons. The molecule has 0 aliphatic carbocycles. The Balaban J connectivity index is 2.92. The third-order valence-corrected chi connectivity index (χ3v) is 7.35. The predicted molar refractivity (Wildman–Crippen MR) is 119 cm³/mol. The van der Waals surface area contributed by atoms with Crippen molar-refractivity contribution in [1.82, 2.24) is 13.7 Å². The van der Waals surface area contributed by atoms with Crippen LogP contribution in [0.2, 0.25) is 0 Å². The first-order valence-electron chi connectivity index (χ1n) is 9.80. The number of hydrogen-bond donors (Lipinski definition) is 0. The molecule has 0 saturated carbocycles. The smallest absolute Gasteiger partial charge is 0.299 e. The van der Waals surface area contributed by atoms with Gasteiger partial charge in [-0.25, -0.2) is 28.1 Å². The second-order valence-electron chi connectivity index (χ2n) is 6.85. The zero-order valence-electron chi connectivity index (χ0n) is 17.8. The summed E-state index contributed by atoms with van der Waals surface area (Å²) in [6, 6.07) is 0. The average Bonchev–Trinajstić information content (AvgIpc) is 2.66. The minimum Gasteiger partial charge on any atom is -0.299 e. The summed E-state index contributed by atoms with van der Waals surface area (Å²) in [4.78, 5) is 60.4. The molecule has 164 valence electrons. The second kappa shape index (κ2) is 12.2. The van der Waals surface area contributed by atoms with Gasteiger partial charge in [0, 0.05) is 19.6 Å². The van der Waals surface area contributed by atoms with E-state index in [2.05, 4.69) is 0 Å². The molecule has 0 amide bonds.